The number of ether oxygens (including phenoxy) is 2. The molecule has 0 radical (unpaired) electrons. The molecule has 0 saturated carbocycles. The van der Waals surface area contributed by atoms with Gasteiger partial charge in [-0.3, -0.25) is 0 Å². The molecule has 1 aromatic heterocycles. The molecule has 6 heteroatoms. The van der Waals surface area contributed by atoms with Crippen molar-refractivity contribution in [2.24, 2.45) is 0 Å². The monoisotopic (exact) mass is 570 g/mol. The molecule has 4 nitrogen and oxygen atoms in total. The third-order valence-electron chi connectivity index (χ3n) is 5.84. The van der Waals surface area contributed by atoms with Gasteiger partial charge in [-0.2, -0.15) is 0 Å². The molecule has 1 aromatic rings. The number of esters is 2. The van der Waals surface area contributed by atoms with Crippen LogP contribution in [0.5, 0.6) is 0 Å². The zero-order valence-electron chi connectivity index (χ0n) is 20.7. The molecule has 0 saturated heterocycles. The van der Waals surface area contributed by atoms with E-state index in [1.54, 1.807) is 11.3 Å². The molecule has 0 bridgehead atoms. The summed E-state index contributed by atoms with van der Waals surface area (Å²) in [6.07, 6.45) is 10.6. The second-order valence-corrected chi connectivity index (χ2v) is 22.1. The van der Waals surface area contributed by atoms with Gasteiger partial charge in [0, 0.05) is 0 Å². The number of unbranched alkanes of at least 4 members (excludes halogenated alkanes) is 3. The summed E-state index contributed by atoms with van der Waals surface area (Å²) in [5, 5.41) is 3.90. The van der Waals surface area contributed by atoms with Crippen LogP contribution in [0.3, 0.4) is 0 Å². The summed E-state index contributed by atoms with van der Waals surface area (Å²) in [6.45, 7) is 11.0. The summed E-state index contributed by atoms with van der Waals surface area (Å²) in [5.74, 6) is -0.516. The molecule has 0 aliphatic heterocycles. The Hall–Kier alpha value is -1.08. The standard InChI is InChI=1S/C14H15O4S.3C4H9.Sn/c1-3-17-13(15)7-5-6-12(14(16)18-4-2)11-8-9-19-10-11;3*1-3-4-2;/h5-6,8-10H,3-4H2,1-2H3;3*1,3-4H2,2H3;/b7-5?,12-6+;;;;. The molecular weight excluding hydrogens is 527 g/mol. The van der Waals surface area contributed by atoms with Crippen molar-refractivity contribution < 1.29 is 19.1 Å². The van der Waals surface area contributed by atoms with E-state index in [0.29, 0.717) is 18.8 Å². The molecule has 0 unspecified atom stereocenters. The maximum atomic E-state index is 13.3. The number of hydrogen-bond donors (Lipinski definition) is 0. The fourth-order valence-electron chi connectivity index (χ4n) is 4.07. The fraction of sp³-hybridized carbons (Fsp3) is 0.615. The third-order valence-corrected chi connectivity index (χ3v) is 22.1. The molecule has 0 amide bonds. The summed E-state index contributed by atoms with van der Waals surface area (Å²) in [7, 11) is 0. The number of allylic oxidation sites excluding steroid dienone is 2. The third kappa shape index (κ3) is 9.05. The van der Waals surface area contributed by atoms with Gasteiger partial charge in [-0.1, -0.05) is 0 Å². The minimum atomic E-state index is -3.05. The summed E-state index contributed by atoms with van der Waals surface area (Å²) < 4.78 is 15.3. The van der Waals surface area contributed by atoms with E-state index in [9.17, 15) is 9.59 Å². The molecule has 0 spiro atoms. The molecule has 1 rings (SSSR count). The van der Waals surface area contributed by atoms with Gasteiger partial charge in [0.15, 0.2) is 0 Å². The molecule has 0 fully saturated rings. The normalized spacial score (nSPS) is 12.7. The van der Waals surface area contributed by atoms with Crippen molar-refractivity contribution in [3.63, 3.8) is 0 Å². The van der Waals surface area contributed by atoms with Gasteiger partial charge in [-0.25, -0.2) is 0 Å². The second kappa shape index (κ2) is 16.5. The van der Waals surface area contributed by atoms with Gasteiger partial charge in [0.25, 0.3) is 0 Å². The van der Waals surface area contributed by atoms with E-state index in [2.05, 4.69) is 20.8 Å². The van der Waals surface area contributed by atoms with Crippen molar-refractivity contribution >= 4 is 47.2 Å². The molecule has 0 aromatic carbocycles. The summed E-state index contributed by atoms with van der Waals surface area (Å²) >= 11 is -1.51. The predicted molar refractivity (Wildman–Crippen MR) is 139 cm³/mol. The Morgan fingerprint density at radius 3 is 1.81 bits per heavy atom. The first-order valence-corrected chi connectivity index (χ1v) is 20.7. The topological polar surface area (TPSA) is 52.6 Å². The first-order chi connectivity index (χ1) is 15.5. The number of hydrogen-bond acceptors (Lipinski definition) is 5. The number of rotatable bonds is 16. The van der Waals surface area contributed by atoms with Crippen LogP contribution in [0.2, 0.25) is 13.3 Å². The van der Waals surface area contributed by atoms with Crippen molar-refractivity contribution in [2.75, 3.05) is 13.2 Å². The quantitative estimate of drug-likeness (QED) is 0.0892. The zero-order chi connectivity index (χ0) is 23.8. The Kier molecular flexibility index (Phi) is 14.9. The summed E-state index contributed by atoms with van der Waals surface area (Å²) in [5.41, 5.74) is 1.35. The van der Waals surface area contributed by atoms with Crippen LogP contribution < -0.4 is 0 Å². The van der Waals surface area contributed by atoms with Crippen LogP contribution >= 0.6 is 11.3 Å². The Labute approximate surface area is 203 Å². The Morgan fingerprint density at radius 2 is 1.38 bits per heavy atom. The number of carbonyl (C=O) groups is 2. The van der Waals surface area contributed by atoms with Gasteiger partial charge in [-0.15, -0.1) is 0 Å². The van der Waals surface area contributed by atoms with Crippen molar-refractivity contribution in [1.82, 2.24) is 0 Å². The number of carbonyl (C=O) groups excluding carboxylic acids is 2. The van der Waals surface area contributed by atoms with Crippen molar-refractivity contribution in [2.45, 2.75) is 86.5 Å². The van der Waals surface area contributed by atoms with Crippen molar-refractivity contribution in [1.29, 1.82) is 0 Å². The average Bonchev–Trinajstić information content (AvgIpc) is 3.31. The van der Waals surface area contributed by atoms with Crippen molar-refractivity contribution in [3.8, 4) is 0 Å². The minimum absolute atomic E-state index is 0.170. The van der Waals surface area contributed by atoms with E-state index in [1.807, 2.05) is 42.8 Å². The number of thiophene rings is 1. The van der Waals surface area contributed by atoms with Gasteiger partial charge in [0.1, 0.15) is 0 Å². The van der Waals surface area contributed by atoms with Gasteiger partial charge >= 0.3 is 204 Å². The van der Waals surface area contributed by atoms with Gasteiger partial charge in [-0.05, 0) is 0 Å². The van der Waals surface area contributed by atoms with Gasteiger partial charge < -0.3 is 0 Å². The summed E-state index contributed by atoms with van der Waals surface area (Å²) in [4.78, 5) is 26.0. The van der Waals surface area contributed by atoms with Crippen LogP contribution in [-0.4, -0.2) is 43.5 Å². The molecule has 0 N–H and O–H groups in total. The Morgan fingerprint density at radius 1 is 0.844 bits per heavy atom. The summed E-state index contributed by atoms with van der Waals surface area (Å²) in [6, 6.07) is 1.92. The van der Waals surface area contributed by atoms with Gasteiger partial charge in [0.2, 0.25) is 0 Å². The van der Waals surface area contributed by atoms with Crippen LogP contribution in [-0.2, 0) is 19.1 Å². The molecule has 0 aliphatic rings. The molecular formula is C26H42O4SSn. The van der Waals surface area contributed by atoms with E-state index >= 15 is 0 Å². The van der Waals surface area contributed by atoms with Crippen LogP contribution in [0.1, 0.15) is 78.7 Å². The molecule has 1 heterocycles. The van der Waals surface area contributed by atoms with Crippen LogP contribution in [0.15, 0.2) is 32.6 Å². The van der Waals surface area contributed by atoms with E-state index in [4.69, 9.17) is 9.47 Å². The maximum absolute atomic E-state index is 13.3. The molecule has 0 aliphatic carbocycles. The van der Waals surface area contributed by atoms with E-state index in [-0.39, 0.29) is 11.9 Å². The van der Waals surface area contributed by atoms with E-state index in [1.165, 1.54) is 0 Å². The molecule has 32 heavy (non-hydrogen) atoms. The Balaban J connectivity index is 3.61. The molecule has 180 valence electrons. The zero-order valence-corrected chi connectivity index (χ0v) is 24.4. The van der Waals surface area contributed by atoms with Gasteiger partial charge in [0.05, 0.1) is 0 Å². The first kappa shape index (κ1) is 29.0. The second-order valence-electron chi connectivity index (χ2n) is 8.20. The van der Waals surface area contributed by atoms with E-state index in [0.717, 1.165) is 61.0 Å². The fourth-order valence-corrected chi connectivity index (χ4v) is 20.7. The predicted octanol–water partition coefficient (Wildman–Crippen LogP) is 7.57. The van der Waals surface area contributed by atoms with Crippen LogP contribution in [0.25, 0.3) is 5.57 Å². The van der Waals surface area contributed by atoms with Crippen LogP contribution in [0.4, 0.5) is 0 Å². The molecule has 0 atom stereocenters. The SMILES string of the molecule is CCC[CH2][Sn]([CH2]CCC)([CH2]CCC)/[C](=C\C=C(\C(=O)OCC)c1ccsc1)C(=O)OCC. The Bertz CT molecular complexity index is 715. The average molecular weight is 569 g/mol. The van der Waals surface area contributed by atoms with E-state index < -0.39 is 18.4 Å². The van der Waals surface area contributed by atoms with Crippen LogP contribution in [0, 0.1) is 0 Å². The first-order valence-electron chi connectivity index (χ1n) is 12.3. The van der Waals surface area contributed by atoms with Crippen molar-refractivity contribution in [3.05, 3.63) is 38.1 Å².